The largest absolute Gasteiger partial charge is 0.506 e. The Bertz CT molecular complexity index is 1160. The maximum absolute atomic E-state index is 14.1. The van der Waals surface area contributed by atoms with E-state index in [1.54, 1.807) is 19.1 Å². The van der Waals surface area contributed by atoms with E-state index in [9.17, 15) is 9.50 Å². The van der Waals surface area contributed by atoms with Crippen molar-refractivity contribution in [1.82, 2.24) is 0 Å². The topological polar surface area (TPSA) is 38.7 Å². The minimum atomic E-state index is -0.225. The Morgan fingerprint density at radius 1 is 0.788 bits per heavy atom. The maximum Gasteiger partial charge on any atom is 0.138 e. The lowest BCUT2D eigenvalue weighted by molar-refractivity contribution is 0.477. The van der Waals surface area contributed by atoms with Gasteiger partial charge in [0, 0.05) is 34.9 Å². The average Bonchev–Trinajstić information content (AvgIpc) is 2.85. The van der Waals surface area contributed by atoms with Gasteiger partial charge in [-0.1, -0.05) is 42.5 Å². The van der Waals surface area contributed by atoms with Gasteiger partial charge >= 0.3 is 0 Å². The Balaban J connectivity index is 1.64. The molecule has 0 spiro atoms. The maximum atomic E-state index is 14.1. The Morgan fingerprint density at radius 3 is 2.03 bits per heavy atom. The van der Waals surface area contributed by atoms with E-state index in [2.05, 4.69) is 34.5 Å². The summed E-state index contributed by atoms with van der Waals surface area (Å²) in [6, 6.07) is 30.8. The highest BCUT2D eigenvalue weighted by Crippen LogP contribution is 2.38. The summed E-state index contributed by atoms with van der Waals surface area (Å²) in [5.74, 6) is -0.0657. The standard InChI is InChI=1S/C28H28FN3O/c1-3-31(27-16-10-15-25(29)21(27)2)20-30-26-19-24(17-18-28(26)33)32(22-11-6-4-7-12-22)23-13-8-5-9-14-23/h4-19,30,33H,3,20H2,1-2H3. The zero-order chi connectivity index (χ0) is 23.2. The highest BCUT2D eigenvalue weighted by Gasteiger charge is 2.15. The highest BCUT2D eigenvalue weighted by molar-refractivity contribution is 5.79. The molecule has 0 unspecified atom stereocenters. The number of para-hydroxylation sites is 2. The van der Waals surface area contributed by atoms with Crippen LogP contribution in [0.5, 0.6) is 5.75 Å². The molecule has 0 bridgehead atoms. The zero-order valence-corrected chi connectivity index (χ0v) is 18.9. The van der Waals surface area contributed by atoms with Gasteiger partial charge in [-0.15, -0.1) is 0 Å². The van der Waals surface area contributed by atoms with Gasteiger partial charge in [-0.3, -0.25) is 0 Å². The second kappa shape index (κ2) is 10.1. The first-order valence-electron chi connectivity index (χ1n) is 11.1. The van der Waals surface area contributed by atoms with Gasteiger partial charge in [-0.25, -0.2) is 4.39 Å². The molecule has 33 heavy (non-hydrogen) atoms. The van der Waals surface area contributed by atoms with E-state index in [-0.39, 0.29) is 11.6 Å². The lowest BCUT2D eigenvalue weighted by atomic mass is 10.1. The molecule has 4 aromatic rings. The van der Waals surface area contributed by atoms with Gasteiger partial charge in [-0.2, -0.15) is 0 Å². The van der Waals surface area contributed by atoms with Crippen LogP contribution in [0, 0.1) is 12.7 Å². The van der Waals surface area contributed by atoms with Gasteiger partial charge < -0.3 is 20.2 Å². The monoisotopic (exact) mass is 441 g/mol. The Kier molecular flexibility index (Phi) is 6.79. The van der Waals surface area contributed by atoms with Gasteiger partial charge in [0.05, 0.1) is 12.4 Å². The zero-order valence-electron chi connectivity index (χ0n) is 18.9. The minimum Gasteiger partial charge on any atom is -0.506 e. The van der Waals surface area contributed by atoms with Crippen LogP contribution in [-0.2, 0) is 0 Å². The fraction of sp³-hybridized carbons (Fsp3) is 0.143. The quantitative estimate of drug-likeness (QED) is 0.224. The number of hydrogen-bond donors (Lipinski definition) is 2. The van der Waals surface area contributed by atoms with Crippen LogP contribution in [0.1, 0.15) is 12.5 Å². The average molecular weight is 442 g/mol. The van der Waals surface area contributed by atoms with E-state index in [1.807, 2.05) is 66.4 Å². The molecule has 0 fully saturated rings. The molecular weight excluding hydrogens is 413 g/mol. The number of hydrogen-bond acceptors (Lipinski definition) is 4. The number of aromatic hydroxyl groups is 1. The molecule has 2 N–H and O–H groups in total. The summed E-state index contributed by atoms with van der Waals surface area (Å²) >= 11 is 0. The van der Waals surface area contributed by atoms with Crippen LogP contribution >= 0.6 is 0 Å². The molecule has 4 rings (SSSR count). The second-order valence-electron chi connectivity index (χ2n) is 7.78. The molecule has 5 heteroatoms. The van der Waals surface area contributed by atoms with Crippen molar-refractivity contribution < 1.29 is 9.50 Å². The number of nitrogens with one attached hydrogen (secondary N) is 1. The van der Waals surface area contributed by atoms with Crippen molar-refractivity contribution in [1.29, 1.82) is 0 Å². The van der Waals surface area contributed by atoms with Crippen molar-refractivity contribution in [2.24, 2.45) is 0 Å². The molecule has 4 aromatic carbocycles. The molecule has 0 amide bonds. The van der Waals surface area contributed by atoms with Gasteiger partial charge in [0.15, 0.2) is 0 Å². The van der Waals surface area contributed by atoms with Crippen molar-refractivity contribution >= 4 is 28.4 Å². The summed E-state index contributed by atoms with van der Waals surface area (Å²) in [5, 5.41) is 13.9. The number of phenolic OH excluding ortho intramolecular Hbond substituents is 1. The number of anilines is 5. The van der Waals surface area contributed by atoms with Crippen LogP contribution in [-0.4, -0.2) is 18.3 Å². The van der Waals surface area contributed by atoms with Crippen LogP contribution in [0.25, 0.3) is 0 Å². The van der Waals surface area contributed by atoms with Crippen molar-refractivity contribution in [3.8, 4) is 5.75 Å². The molecule has 0 aromatic heterocycles. The summed E-state index contributed by atoms with van der Waals surface area (Å²) in [7, 11) is 0. The van der Waals surface area contributed by atoms with E-state index in [1.165, 1.54) is 6.07 Å². The first-order chi connectivity index (χ1) is 16.1. The number of halogens is 1. The van der Waals surface area contributed by atoms with Crippen LogP contribution in [0.2, 0.25) is 0 Å². The van der Waals surface area contributed by atoms with Crippen LogP contribution in [0.3, 0.4) is 0 Å². The van der Waals surface area contributed by atoms with E-state index >= 15 is 0 Å². The van der Waals surface area contributed by atoms with Crippen molar-refractivity contribution in [3.05, 3.63) is 108 Å². The number of nitrogens with zero attached hydrogens (tertiary/aromatic N) is 2. The van der Waals surface area contributed by atoms with Crippen molar-refractivity contribution in [2.45, 2.75) is 13.8 Å². The summed E-state index contributed by atoms with van der Waals surface area (Å²) in [6.45, 7) is 4.92. The van der Waals surface area contributed by atoms with Crippen LogP contribution < -0.4 is 15.1 Å². The Labute approximate surface area is 194 Å². The third-order valence-corrected chi connectivity index (χ3v) is 5.69. The molecule has 0 aliphatic carbocycles. The third-order valence-electron chi connectivity index (χ3n) is 5.69. The molecule has 4 nitrogen and oxygen atoms in total. The second-order valence-corrected chi connectivity index (χ2v) is 7.78. The lowest BCUT2D eigenvalue weighted by Gasteiger charge is -2.28. The fourth-order valence-corrected chi connectivity index (χ4v) is 3.89. The number of benzene rings is 4. The van der Waals surface area contributed by atoms with Crippen molar-refractivity contribution in [2.75, 3.05) is 28.3 Å². The molecular formula is C28H28FN3O. The number of rotatable bonds is 8. The molecule has 0 radical (unpaired) electrons. The summed E-state index contributed by atoms with van der Waals surface area (Å²) in [6.07, 6.45) is 0. The Hall–Kier alpha value is -3.99. The van der Waals surface area contributed by atoms with Gasteiger partial charge in [0.1, 0.15) is 11.6 Å². The van der Waals surface area contributed by atoms with E-state index in [0.717, 1.165) is 22.7 Å². The molecule has 0 aliphatic heterocycles. The summed E-state index contributed by atoms with van der Waals surface area (Å²) in [4.78, 5) is 4.18. The highest BCUT2D eigenvalue weighted by atomic mass is 19.1. The molecule has 0 saturated carbocycles. The lowest BCUT2D eigenvalue weighted by Crippen LogP contribution is -2.29. The summed E-state index contributed by atoms with van der Waals surface area (Å²) in [5.41, 5.74) is 5.00. The van der Waals surface area contributed by atoms with E-state index < -0.39 is 0 Å². The SMILES string of the molecule is CCN(CNc1cc(N(c2ccccc2)c2ccccc2)ccc1O)c1cccc(F)c1C. The predicted octanol–water partition coefficient (Wildman–Crippen LogP) is 7.21. The smallest absolute Gasteiger partial charge is 0.138 e. The van der Waals surface area contributed by atoms with Crippen molar-refractivity contribution in [3.63, 3.8) is 0 Å². The van der Waals surface area contributed by atoms with E-state index in [4.69, 9.17) is 0 Å². The molecule has 168 valence electrons. The molecule has 0 atom stereocenters. The normalized spacial score (nSPS) is 10.6. The molecule has 0 saturated heterocycles. The Morgan fingerprint density at radius 2 is 1.42 bits per heavy atom. The summed E-state index contributed by atoms with van der Waals surface area (Å²) < 4.78 is 14.1. The van der Waals surface area contributed by atoms with Crippen LogP contribution in [0.4, 0.5) is 32.8 Å². The first-order valence-corrected chi connectivity index (χ1v) is 11.1. The molecule has 0 heterocycles. The minimum absolute atomic E-state index is 0.159. The van der Waals surface area contributed by atoms with Gasteiger partial charge in [0.2, 0.25) is 0 Å². The predicted molar refractivity (Wildman–Crippen MR) is 135 cm³/mol. The van der Waals surface area contributed by atoms with E-state index in [0.29, 0.717) is 24.5 Å². The first kappa shape index (κ1) is 22.2. The van der Waals surface area contributed by atoms with Gasteiger partial charge in [-0.05, 0) is 68.4 Å². The third kappa shape index (κ3) is 4.93. The fourth-order valence-electron chi connectivity index (χ4n) is 3.89. The molecule has 0 aliphatic rings. The van der Waals surface area contributed by atoms with Crippen LogP contribution in [0.15, 0.2) is 97.1 Å². The van der Waals surface area contributed by atoms with Gasteiger partial charge in [0.25, 0.3) is 0 Å². The number of phenols is 1.